The van der Waals surface area contributed by atoms with Crippen molar-refractivity contribution in [3.05, 3.63) is 23.0 Å². The average molecular weight is 541 g/mol. The summed E-state index contributed by atoms with van der Waals surface area (Å²) in [7, 11) is 0. The van der Waals surface area contributed by atoms with E-state index in [1.807, 2.05) is 20.8 Å². The zero-order valence-electron chi connectivity index (χ0n) is 22.5. The van der Waals surface area contributed by atoms with Gasteiger partial charge in [-0.15, -0.1) is 0 Å². The van der Waals surface area contributed by atoms with E-state index in [1.54, 1.807) is 13.0 Å². The Labute approximate surface area is 224 Å². The fraction of sp³-hybridized carbons (Fsp3) is 0.759. The number of fused-ring (bicyclic) bond motifs is 6. The number of aliphatic hydroxyl groups is 2. The van der Waals surface area contributed by atoms with Gasteiger partial charge in [0.15, 0.2) is 0 Å². The lowest BCUT2D eigenvalue weighted by Gasteiger charge is -2.53. The van der Waals surface area contributed by atoms with E-state index in [9.17, 15) is 24.6 Å². The molecule has 7 aliphatic heterocycles. The molecule has 2 aliphatic carbocycles. The van der Waals surface area contributed by atoms with Crippen molar-refractivity contribution in [2.24, 2.45) is 40.9 Å². The lowest BCUT2D eigenvalue weighted by Crippen LogP contribution is -2.73. The summed E-state index contributed by atoms with van der Waals surface area (Å²) < 4.78 is 31.1. The van der Waals surface area contributed by atoms with E-state index in [-0.39, 0.29) is 30.6 Å². The Kier molecular flexibility index (Phi) is 3.67. The molecule has 8 fully saturated rings. The van der Waals surface area contributed by atoms with E-state index in [0.717, 1.165) is 5.57 Å². The van der Waals surface area contributed by atoms with Crippen molar-refractivity contribution < 1.29 is 48.3 Å². The fourth-order valence-electron chi connectivity index (χ4n) is 11.3. The molecule has 39 heavy (non-hydrogen) atoms. The Morgan fingerprint density at radius 1 is 1.08 bits per heavy atom. The van der Waals surface area contributed by atoms with Crippen LogP contribution in [0.3, 0.4) is 0 Å². The first-order valence-corrected chi connectivity index (χ1v) is 14.1. The first-order chi connectivity index (χ1) is 18.2. The highest BCUT2D eigenvalue weighted by Gasteiger charge is 2.95. The van der Waals surface area contributed by atoms with Crippen LogP contribution < -0.4 is 0 Å². The molecule has 10 heteroatoms. The molecule has 7 heterocycles. The topological polar surface area (TPSA) is 138 Å². The van der Waals surface area contributed by atoms with Crippen molar-refractivity contribution in [2.45, 2.75) is 94.5 Å². The lowest BCUT2D eigenvalue weighted by molar-refractivity contribution is -0.392. The van der Waals surface area contributed by atoms with Crippen LogP contribution >= 0.6 is 0 Å². The molecule has 0 aromatic carbocycles. The smallest absolute Gasteiger partial charge is 0.339 e. The van der Waals surface area contributed by atoms with Gasteiger partial charge in [-0.05, 0) is 68.4 Å². The molecule has 10 nitrogen and oxygen atoms in total. The van der Waals surface area contributed by atoms with Crippen LogP contribution in [-0.2, 0) is 38.1 Å². The molecule has 208 valence electrons. The molecule has 0 aromatic rings. The van der Waals surface area contributed by atoms with Gasteiger partial charge in [-0.1, -0.05) is 13.8 Å². The number of hydrogen-bond donors (Lipinski definition) is 2. The summed E-state index contributed by atoms with van der Waals surface area (Å²) in [6.07, 6.45) is 0.638. The highest BCUT2D eigenvalue weighted by molar-refractivity contribution is 5.94. The zero-order chi connectivity index (χ0) is 27.4. The number of ether oxygens (including phenoxy) is 5. The predicted molar refractivity (Wildman–Crippen MR) is 127 cm³/mol. The monoisotopic (exact) mass is 540 g/mol. The van der Waals surface area contributed by atoms with Crippen LogP contribution in [0.5, 0.6) is 0 Å². The SMILES string of the molecule is CC1=CC(=C2[C@@H](C)[C@@H]3[C@H]4[C@]3(C)[C@@H]2C[C@@]23O[C@]4(O)C(=O)[C@@H]2[C@@H]2C[C@H]4C(C)(C)O[C@@H]5CC(=O)O[C@@]54[C@@]3(O)O2)OC1=O. The predicted octanol–water partition coefficient (Wildman–Crippen LogP) is 1.28. The van der Waals surface area contributed by atoms with Gasteiger partial charge in [-0.25, -0.2) is 4.79 Å². The summed E-state index contributed by atoms with van der Waals surface area (Å²) in [6, 6.07) is 0. The van der Waals surface area contributed by atoms with E-state index in [2.05, 4.69) is 6.92 Å². The summed E-state index contributed by atoms with van der Waals surface area (Å²) in [5, 5.41) is 25.0. The van der Waals surface area contributed by atoms with Crippen molar-refractivity contribution in [2.75, 3.05) is 0 Å². The average Bonchev–Trinajstić information content (AvgIpc) is 3.15. The second-order valence-electron chi connectivity index (χ2n) is 14.3. The molecular formula is C29H32O10. The van der Waals surface area contributed by atoms with Crippen LogP contribution in [0.15, 0.2) is 23.0 Å². The normalized spacial score (nSPS) is 62.2. The van der Waals surface area contributed by atoms with Crippen LogP contribution in [0, 0.1) is 40.9 Å². The summed E-state index contributed by atoms with van der Waals surface area (Å²) in [5.41, 5.74) is -3.10. The van der Waals surface area contributed by atoms with Gasteiger partial charge in [0.2, 0.25) is 23.0 Å². The van der Waals surface area contributed by atoms with Gasteiger partial charge in [0, 0.05) is 17.4 Å². The Morgan fingerprint density at radius 3 is 2.51 bits per heavy atom. The molecule has 2 saturated carbocycles. The van der Waals surface area contributed by atoms with Gasteiger partial charge >= 0.3 is 11.9 Å². The quantitative estimate of drug-likeness (QED) is 0.432. The van der Waals surface area contributed by atoms with E-state index >= 15 is 0 Å². The largest absolute Gasteiger partial charge is 0.450 e. The Hall–Kier alpha value is -2.11. The van der Waals surface area contributed by atoms with Gasteiger partial charge in [0.25, 0.3) is 0 Å². The first-order valence-electron chi connectivity index (χ1n) is 14.1. The molecule has 0 amide bonds. The van der Waals surface area contributed by atoms with Gasteiger partial charge in [0.1, 0.15) is 17.5 Å². The number of allylic oxidation sites excluding steroid dienone is 2. The number of cyclic esters (lactones) is 1. The Bertz CT molecular complexity index is 1410. The number of Topliss-reactive ketones (excluding diaryl/α,β-unsaturated/α-hetero) is 1. The number of ketones is 1. The minimum Gasteiger partial charge on any atom is -0.450 e. The Balaban J connectivity index is 1.28. The number of carbonyl (C=O) groups is 3. The molecule has 0 unspecified atom stereocenters. The minimum absolute atomic E-state index is 0.0482. The van der Waals surface area contributed by atoms with Gasteiger partial charge in [-0.3, -0.25) is 9.59 Å². The van der Waals surface area contributed by atoms with E-state index < -0.39 is 81.5 Å². The number of rotatable bonds is 0. The number of esters is 2. The molecule has 9 rings (SSSR count). The van der Waals surface area contributed by atoms with Crippen molar-refractivity contribution in [1.82, 2.24) is 0 Å². The number of hydrogen-bond acceptors (Lipinski definition) is 10. The number of carbonyl (C=O) groups excluding carboxylic acids is 3. The van der Waals surface area contributed by atoms with Crippen LogP contribution in [-0.4, -0.2) is 68.5 Å². The molecular weight excluding hydrogens is 508 g/mol. The van der Waals surface area contributed by atoms with Crippen LogP contribution in [0.2, 0.25) is 0 Å². The summed E-state index contributed by atoms with van der Waals surface area (Å²) in [6.45, 7) is 9.62. The molecule has 9 aliphatic rings. The van der Waals surface area contributed by atoms with Gasteiger partial charge in [0.05, 0.1) is 24.0 Å². The van der Waals surface area contributed by atoms with Crippen molar-refractivity contribution >= 4 is 17.7 Å². The molecule has 0 radical (unpaired) electrons. The molecule has 4 bridgehead atoms. The molecule has 0 aromatic heterocycles. The fourth-order valence-corrected chi connectivity index (χ4v) is 11.3. The second kappa shape index (κ2) is 6.06. The van der Waals surface area contributed by atoms with Crippen molar-refractivity contribution in [1.29, 1.82) is 0 Å². The van der Waals surface area contributed by atoms with E-state index in [1.165, 1.54) is 0 Å². The van der Waals surface area contributed by atoms with E-state index in [0.29, 0.717) is 17.8 Å². The molecule has 2 N–H and O–H groups in total. The maximum Gasteiger partial charge on any atom is 0.339 e. The Morgan fingerprint density at radius 2 is 1.82 bits per heavy atom. The molecule has 13 atom stereocenters. The van der Waals surface area contributed by atoms with Gasteiger partial charge in [-0.2, -0.15) is 0 Å². The van der Waals surface area contributed by atoms with Gasteiger partial charge < -0.3 is 33.9 Å². The third-order valence-electron chi connectivity index (χ3n) is 12.5. The summed E-state index contributed by atoms with van der Waals surface area (Å²) >= 11 is 0. The van der Waals surface area contributed by atoms with Crippen LogP contribution in [0.25, 0.3) is 0 Å². The maximum absolute atomic E-state index is 14.2. The first kappa shape index (κ1) is 23.6. The maximum atomic E-state index is 14.2. The van der Waals surface area contributed by atoms with Crippen LogP contribution in [0.4, 0.5) is 0 Å². The third kappa shape index (κ3) is 2.05. The zero-order valence-corrected chi connectivity index (χ0v) is 22.5. The third-order valence-corrected chi connectivity index (χ3v) is 12.5. The highest BCUT2D eigenvalue weighted by Crippen LogP contribution is 2.84. The van der Waals surface area contributed by atoms with E-state index in [4.69, 9.17) is 23.7 Å². The summed E-state index contributed by atoms with van der Waals surface area (Å²) in [5.74, 6) is -7.47. The highest BCUT2D eigenvalue weighted by atomic mass is 16.7. The molecule has 2 spiro atoms. The summed E-state index contributed by atoms with van der Waals surface area (Å²) in [4.78, 5) is 39.4. The molecule has 6 saturated heterocycles. The standard InChI is InChI=1S/C29H32O10/c1-10-6-13(35-23(10)32)18-11(2)19-21-25(19,5)12(18)9-26-20(22(31)28(21,33)39-26)14-7-15-24(3,4)37-16-8-17(30)38-27(15,16)29(26,34)36-14/h6,11-12,14-16,19-21,33-34H,7-9H2,1-5H3/t11-,12-,14+,15+,16-,19-,20+,21+,25-,26-,27-,28+,29+/m1/s1. The lowest BCUT2D eigenvalue weighted by atomic mass is 9.63. The minimum atomic E-state index is -2.23. The van der Waals surface area contributed by atoms with Crippen LogP contribution in [0.1, 0.15) is 53.9 Å². The van der Waals surface area contributed by atoms with Crippen molar-refractivity contribution in [3.63, 3.8) is 0 Å². The second-order valence-corrected chi connectivity index (χ2v) is 14.3. The van der Waals surface area contributed by atoms with Crippen molar-refractivity contribution in [3.8, 4) is 0 Å².